The Bertz CT molecular complexity index is 630. The average molecular weight is 255 g/mol. The van der Waals surface area contributed by atoms with Crippen molar-refractivity contribution < 1.29 is 9.53 Å². The number of carbonyl (C=O) groups is 1. The third-order valence-corrected chi connectivity index (χ3v) is 2.93. The van der Waals surface area contributed by atoms with Crippen molar-refractivity contribution >= 4 is 22.8 Å². The highest BCUT2D eigenvalue weighted by Crippen LogP contribution is 2.22. The first kappa shape index (κ1) is 13.1. The zero-order valence-electron chi connectivity index (χ0n) is 11.4. The molecule has 0 heterocycles. The molecule has 3 heteroatoms. The molecule has 2 aromatic rings. The van der Waals surface area contributed by atoms with Crippen LogP contribution in [0, 0.1) is 0 Å². The smallest absolute Gasteiger partial charge is 0.246 e. The molecule has 0 aliphatic rings. The summed E-state index contributed by atoms with van der Waals surface area (Å²) in [7, 11) is 5.13. The van der Waals surface area contributed by atoms with Crippen LogP contribution in [0.2, 0.25) is 0 Å². The average Bonchev–Trinajstić information content (AvgIpc) is 2.43. The largest absolute Gasteiger partial charge is 0.497 e. The molecule has 2 aromatic carbocycles. The molecule has 0 fully saturated rings. The standard InChI is InChI=1S/C16H17NO2/c1-17(2)16(18)9-5-12-4-6-14-11-15(19-3)8-7-13(14)10-12/h4-11H,1-3H3/b9-5+. The van der Waals surface area contributed by atoms with Crippen LogP contribution in [0.3, 0.4) is 0 Å². The van der Waals surface area contributed by atoms with E-state index in [4.69, 9.17) is 4.74 Å². The molecule has 0 spiro atoms. The first-order chi connectivity index (χ1) is 9.10. The van der Waals surface area contributed by atoms with Crippen LogP contribution in [0.4, 0.5) is 0 Å². The van der Waals surface area contributed by atoms with E-state index in [0.29, 0.717) is 0 Å². The van der Waals surface area contributed by atoms with Crippen molar-refractivity contribution in [3.8, 4) is 5.75 Å². The predicted molar refractivity (Wildman–Crippen MR) is 78.2 cm³/mol. The van der Waals surface area contributed by atoms with E-state index >= 15 is 0 Å². The normalized spacial score (nSPS) is 10.9. The van der Waals surface area contributed by atoms with Crippen molar-refractivity contribution in [2.24, 2.45) is 0 Å². The van der Waals surface area contributed by atoms with E-state index in [1.165, 1.54) is 0 Å². The minimum Gasteiger partial charge on any atom is -0.497 e. The molecule has 0 aromatic heterocycles. The van der Waals surface area contributed by atoms with Gasteiger partial charge in [0.2, 0.25) is 5.91 Å². The highest BCUT2D eigenvalue weighted by atomic mass is 16.5. The first-order valence-corrected chi connectivity index (χ1v) is 6.07. The molecule has 0 saturated carbocycles. The van der Waals surface area contributed by atoms with Gasteiger partial charge in [-0.25, -0.2) is 0 Å². The van der Waals surface area contributed by atoms with Crippen LogP contribution < -0.4 is 4.74 Å². The molecular formula is C16H17NO2. The summed E-state index contributed by atoms with van der Waals surface area (Å²) >= 11 is 0. The van der Waals surface area contributed by atoms with Gasteiger partial charge in [0, 0.05) is 20.2 Å². The fraction of sp³-hybridized carbons (Fsp3) is 0.188. The summed E-state index contributed by atoms with van der Waals surface area (Å²) in [5, 5.41) is 2.25. The maximum absolute atomic E-state index is 11.5. The van der Waals surface area contributed by atoms with Gasteiger partial charge in [0.15, 0.2) is 0 Å². The first-order valence-electron chi connectivity index (χ1n) is 6.07. The highest BCUT2D eigenvalue weighted by molar-refractivity contribution is 5.92. The molecule has 0 bridgehead atoms. The zero-order valence-corrected chi connectivity index (χ0v) is 11.4. The summed E-state index contributed by atoms with van der Waals surface area (Å²) in [6.45, 7) is 0. The summed E-state index contributed by atoms with van der Waals surface area (Å²) < 4.78 is 5.19. The highest BCUT2D eigenvalue weighted by Gasteiger charge is 1.99. The molecule has 0 saturated heterocycles. The Morgan fingerprint density at radius 2 is 1.79 bits per heavy atom. The van der Waals surface area contributed by atoms with Crippen LogP contribution in [0.15, 0.2) is 42.5 Å². The topological polar surface area (TPSA) is 29.5 Å². The molecular weight excluding hydrogens is 238 g/mol. The van der Waals surface area contributed by atoms with Crippen LogP contribution in [0.25, 0.3) is 16.8 Å². The Morgan fingerprint density at radius 3 is 2.47 bits per heavy atom. The number of rotatable bonds is 3. The van der Waals surface area contributed by atoms with Gasteiger partial charge in [-0.15, -0.1) is 0 Å². The van der Waals surface area contributed by atoms with Crippen LogP contribution in [0.5, 0.6) is 5.75 Å². The quantitative estimate of drug-likeness (QED) is 0.789. The second-order valence-corrected chi connectivity index (χ2v) is 4.54. The van der Waals surface area contributed by atoms with Crippen molar-refractivity contribution in [2.75, 3.05) is 21.2 Å². The summed E-state index contributed by atoms with van der Waals surface area (Å²) in [6, 6.07) is 12.0. The Labute approximate surface area is 113 Å². The number of nitrogens with zero attached hydrogens (tertiary/aromatic N) is 1. The number of ether oxygens (including phenoxy) is 1. The summed E-state index contributed by atoms with van der Waals surface area (Å²) in [5.74, 6) is 0.827. The van der Waals surface area contributed by atoms with Crippen molar-refractivity contribution in [2.45, 2.75) is 0 Å². The molecule has 0 atom stereocenters. The number of carbonyl (C=O) groups excluding carboxylic acids is 1. The van der Waals surface area contributed by atoms with Crippen LogP contribution in [0.1, 0.15) is 5.56 Å². The molecule has 0 radical (unpaired) electrons. The SMILES string of the molecule is COc1ccc2cc(/C=C/C(=O)N(C)C)ccc2c1. The van der Waals surface area contributed by atoms with E-state index in [0.717, 1.165) is 22.1 Å². The number of likely N-dealkylation sites (N-methyl/N-ethyl adjacent to an activating group) is 1. The second-order valence-electron chi connectivity index (χ2n) is 4.54. The molecule has 0 aliphatic heterocycles. The van der Waals surface area contributed by atoms with Gasteiger partial charge < -0.3 is 9.64 Å². The Kier molecular flexibility index (Phi) is 3.85. The summed E-state index contributed by atoms with van der Waals surface area (Å²) in [4.78, 5) is 13.0. The Morgan fingerprint density at radius 1 is 1.11 bits per heavy atom. The van der Waals surface area contributed by atoms with E-state index in [2.05, 4.69) is 0 Å². The third kappa shape index (κ3) is 3.13. The number of amides is 1. The maximum Gasteiger partial charge on any atom is 0.246 e. The van der Waals surface area contributed by atoms with E-state index in [-0.39, 0.29) is 5.91 Å². The van der Waals surface area contributed by atoms with Gasteiger partial charge in [-0.2, -0.15) is 0 Å². The van der Waals surface area contributed by atoms with Crippen LogP contribution in [-0.4, -0.2) is 32.0 Å². The van der Waals surface area contributed by atoms with Crippen molar-refractivity contribution in [1.29, 1.82) is 0 Å². The number of benzene rings is 2. The predicted octanol–water partition coefficient (Wildman–Crippen LogP) is 2.95. The Hall–Kier alpha value is -2.29. The number of hydrogen-bond donors (Lipinski definition) is 0. The molecule has 19 heavy (non-hydrogen) atoms. The monoisotopic (exact) mass is 255 g/mol. The van der Waals surface area contributed by atoms with Gasteiger partial charge in [0.1, 0.15) is 5.75 Å². The molecule has 0 unspecified atom stereocenters. The van der Waals surface area contributed by atoms with E-state index in [1.54, 1.807) is 32.2 Å². The van der Waals surface area contributed by atoms with Gasteiger partial charge in [-0.1, -0.05) is 18.2 Å². The molecule has 0 N–H and O–H groups in total. The van der Waals surface area contributed by atoms with Gasteiger partial charge in [-0.3, -0.25) is 4.79 Å². The van der Waals surface area contributed by atoms with Gasteiger partial charge >= 0.3 is 0 Å². The fourth-order valence-corrected chi connectivity index (χ4v) is 1.79. The van der Waals surface area contributed by atoms with E-state index in [9.17, 15) is 4.79 Å². The molecule has 98 valence electrons. The third-order valence-electron chi connectivity index (χ3n) is 2.93. The lowest BCUT2D eigenvalue weighted by Gasteiger charge is -2.06. The summed E-state index contributed by atoms with van der Waals surface area (Å²) in [6.07, 6.45) is 3.40. The van der Waals surface area contributed by atoms with Crippen molar-refractivity contribution in [3.63, 3.8) is 0 Å². The minimum absolute atomic E-state index is 0.0187. The number of fused-ring (bicyclic) bond motifs is 1. The van der Waals surface area contributed by atoms with Gasteiger partial charge in [0.25, 0.3) is 0 Å². The van der Waals surface area contributed by atoms with E-state index < -0.39 is 0 Å². The minimum atomic E-state index is -0.0187. The zero-order chi connectivity index (χ0) is 13.8. The number of methoxy groups -OCH3 is 1. The second kappa shape index (κ2) is 5.57. The lowest BCUT2D eigenvalue weighted by Crippen LogP contribution is -2.18. The van der Waals surface area contributed by atoms with Crippen LogP contribution >= 0.6 is 0 Å². The van der Waals surface area contributed by atoms with Crippen molar-refractivity contribution in [1.82, 2.24) is 4.90 Å². The van der Waals surface area contributed by atoms with Gasteiger partial charge in [0.05, 0.1) is 7.11 Å². The summed E-state index contributed by atoms with van der Waals surface area (Å²) in [5.41, 5.74) is 1.01. The Balaban J connectivity index is 2.29. The van der Waals surface area contributed by atoms with Crippen molar-refractivity contribution in [3.05, 3.63) is 48.0 Å². The molecule has 0 aliphatic carbocycles. The fourth-order valence-electron chi connectivity index (χ4n) is 1.79. The molecule has 3 nitrogen and oxygen atoms in total. The molecule has 2 rings (SSSR count). The van der Waals surface area contributed by atoms with Crippen LogP contribution in [-0.2, 0) is 4.79 Å². The lowest BCUT2D eigenvalue weighted by atomic mass is 10.1. The van der Waals surface area contributed by atoms with Gasteiger partial charge in [-0.05, 0) is 40.6 Å². The van der Waals surface area contributed by atoms with E-state index in [1.807, 2.05) is 42.5 Å². The lowest BCUT2D eigenvalue weighted by molar-refractivity contribution is -0.123. The maximum atomic E-state index is 11.5. The number of hydrogen-bond acceptors (Lipinski definition) is 2. The molecule has 1 amide bonds.